The monoisotopic (exact) mass is 487 g/mol. The van der Waals surface area contributed by atoms with Crippen molar-refractivity contribution in [1.29, 1.82) is 0 Å². The summed E-state index contributed by atoms with van der Waals surface area (Å²) in [7, 11) is 0. The number of nitrogens with zero attached hydrogens (tertiary/aromatic N) is 2. The van der Waals surface area contributed by atoms with Crippen molar-refractivity contribution in [3.8, 4) is 5.69 Å². The summed E-state index contributed by atoms with van der Waals surface area (Å²) in [4.78, 5) is 38.7. The van der Waals surface area contributed by atoms with Gasteiger partial charge in [-0.2, -0.15) is 0 Å². The van der Waals surface area contributed by atoms with Gasteiger partial charge in [0.25, 0.3) is 11.8 Å². The summed E-state index contributed by atoms with van der Waals surface area (Å²) >= 11 is 5.24. The molecule has 1 aromatic heterocycles. The molecule has 0 saturated carbocycles. The second kappa shape index (κ2) is 8.96. The lowest BCUT2D eigenvalue weighted by Crippen LogP contribution is -2.54. The molecule has 0 radical (unpaired) electrons. The van der Waals surface area contributed by atoms with Crippen molar-refractivity contribution in [2.24, 2.45) is 0 Å². The lowest BCUT2D eigenvalue weighted by atomic mass is 10.0. The molecular weight excluding hydrogens is 462 g/mol. The first-order chi connectivity index (χ1) is 16.5. The normalized spacial score (nSPS) is 15.1. The van der Waals surface area contributed by atoms with Gasteiger partial charge in [-0.3, -0.25) is 19.8 Å². The predicted octanol–water partition coefficient (Wildman–Crippen LogP) is 4.55. The molecule has 4 rings (SSSR count). The fourth-order valence-corrected chi connectivity index (χ4v) is 4.91. The van der Waals surface area contributed by atoms with E-state index in [9.17, 15) is 19.5 Å². The van der Waals surface area contributed by atoms with Crippen LogP contribution in [0.3, 0.4) is 0 Å². The molecule has 3 aromatic rings. The molecule has 2 heterocycles. The number of amides is 2. The number of benzene rings is 2. The van der Waals surface area contributed by atoms with Crippen LogP contribution in [0.15, 0.2) is 48.0 Å². The highest BCUT2D eigenvalue weighted by Crippen LogP contribution is 2.29. The van der Waals surface area contributed by atoms with E-state index in [1.54, 1.807) is 12.1 Å². The topological polar surface area (TPSA) is 91.6 Å². The highest BCUT2D eigenvalue weighted by atomic mass is 32.1. The fourth-order valence-electron chi connectivity index (χ4n) is 4.63. The number of aromatic nitrogens is 1. The Labute approximate surface area is 208 Å². The van der Waals surface area contributed by atoms with Gasteiger partial charge in [0.05, 0.1) is 16.9 Å². The first-order valence-corrected chi connectivity index (χ1v) is 11.4. The molecule has 1 aliphatic heterocycles. The van der Waals surface area contributed by atoms with E-state index in [1.165, 1.54) is 23.8 Å². The third-order valence-electron chi connectivity index (χ3n) is 6.08. The molecule has 0 bridgehead atoms. The van der Waals surface area contributed by atoms with Gasteiger partial charge in [0.15, 0.2) is 5.11 Å². The fraction of sp³-hybridized carbons (Fsp3) is 0.185. The minimum atomic E-state index is -1.13. The molecule has 0 spiro atoms. The Morgan fingerprint density at radius 3 is 2.29 bits per heavy atom. The van der Waals surface area contributed by atoms with Gasteiger partial charge in [0.1, 0.15) is 5.57 Å². The largest absolute Gasteiger partial charge is 0.478 e. The van der Waals surface area contributed by atoms with E-state index < -0.39 is 17.8 Å². The zero-order valence-electron chi connectivity index (χ0n) is 20.1. The summed E-state index contributed by atoms with van der Waals surface area (Å²) in [6.07, 6.45) is 1.56. The van der Waals surface area contributed by atoms with Gasteiger partial charge >= 0.3 is 5.97 Å². The summed E-state index contributed by atoms with van der Waals surface area (Å²) in [6.45, 7) is 10.1. The Hall–Kier alpha value is -4.04. The van der Waals surface area contributed by atoms with Crippen LogP contribution in [0.2, 0.25) is 0 Å². The van der Waals surface area contributed by atoms with Crippen molar-refractivity contribution in [2.75, 3.05) is 4.90 Å². The maximum Gasteiger partial charge on any atom is 0.335 e. The summed E-state index contributed by atoms with van der Waals surface area (Å²) in [5.74, 6) is -2.34. The predicted molar refractivity (Wildman–Crippen MR) is 139 cm³/mol. The van der Waals surface area contributed by atoms with Crippen LogP contribution in [0.4, 0.5) is 5.69 Å². The van der Waals surface area contributed by atoms with Crippen molar-refractivity contribution in [2.45, 2.75) is 34.6 Å². The lowest BCUT2D eigenvalue weighted by Gasteiger charge is -2.29. The Morgan fingerprint density at radius 2 is 1.66 bits per heavy atom. The smallest absolute Gasteiger partial charge is 0.335 e. The van der Waals surface area contributed by atoms with Gasteiger partial charge in [-0.1, -0.05) is 23.8 Å². The Balaban J connectivity index is 1.80. The number of carbonyl (C=O) groups excluding carboxylic acids is 2. The van der Waals surface area contributed by atoms with E-state index in [4.69, 9.17) is 12.2 Å². The van der Waals surface area contributed by atoms with Gasteiger partial charge < -0.3 is 9.67 Å². The van der Waals surface area contributed by atoms with Crippen LogP contribution in [-0.4, -0.2) is 32.6 Å². The maximum absolute atomic E-state index is 13.4. The average Bonchev–Trinajstić information content (AvgIpc) is 3.04. The van der Waals surface area contributed by atoms with Crippen LogP contribution < -0.4 is 10.2 Å². The molecule has 7 nitrogen and oxygen atoms in total. The number of thiocarbonyl (C=S) groups is 1. The average molecular weight is 488 g/mol. The van der Waals surface area contributed by atoms with E-state index in [0.29, 0.717) is 0 Å². The molecule has 2 amide bonds. The minimum Gasteiger partial charge on any atom is -0.478 e. The highest BCUT2D eigenvalue weighted by Gasteiger charge is 2.35. The number of rotatable bonds is 4. The zero-order valence-corrected chi connectivity index (χ0v) is 20.9. The van der Waals surface area contributed by atoms with Crippen LogP contribution in [0.25, 0.3) is 11.8 Å². The van der Waals surface area contributed by atoms with Crippen molar-refractivity contribution in [3.05, 3.63) is 87.2 Å². The van der Waals surface area contributed by atoms with Gasteiger partial charge in [0, 0.05) is 11.4 Å². The third kappa shape index (κ3) is 4.28. The molecule has 0 aliphatic carbocycles. The van der Waals surface area contributed by atoms with Gasteiger partial charge in [-0.25, -0.2) is 4.79 Å². The van der Waals surface area contributed by atoms with Gasteiger partial charge in [-0.05, 0) is 93.9 Å². The van der Waals surface area contributed by atoms with Crippen LogP contribution in [-0.2, 0) is 9.59 Å². The SMILES string of the molecule is Cc1cc(C)c(-n2c(C)cc(C=C3C(=O)NC(=S)N(c4cccc(C(=O)O)c4)C3=O)c2C)c(C)c1. The molecule has 1 aliphatic rings. The van der Waals surface area contributed by atoms with Crippen LogP contribution in [0.1, 0.15) is 44.0 Å². The molecule has 0 unspecified atom stereocenters. The Morgan fingerprint density at radius 1 is 1.00 bits per heavy atom. The second-order valence-electron chi connectivity index (χ2n) is 8.72. The molecule has 2 aromatic carbocycles. The van der Waals surface area contributed by atoms with Crippen LogP contribution >= 0.6 is 12.2 Å². The first kappa shape index (κ1) is 24.1. The minimum absolute atomic E-state index is 0.00733. The van der Waals surface area contributed by atoms with E-state index in [1.807, 2.05) is 19.9 Å². The van der Waals surface area contributed by atoms with E-state index in [0.717, 1.165) is 38.7 Å². The van der Waals surface area contributed by atoms with E-state index >= 15 is 0 Å². The molecule has 1 fully saturated rings. The summed E-state index contributed by atoms with van der Waals surface area (Å²) in [6, 6.07) is 12.0. The quantitative estimate of drug-likeness (QED) is 0.320. The number of carboxylic acid groups (broad SMARTS) is 1. The number of anilines is 1. The van der Waals surface area contributed by atoms with E-state index in [-0.39, 0.29) is 21.9 Å². The van der Waals surface area contributed by atoms with Crippen molar-refractivity contribution >= 4 is 46.9 Å². The molecule has 0 atom stereocenters. The molecular formula is C27H25N3O4S. The molecule has 2 N–H and O–H groups in total. The number of nitrogens with one attached hydrogen (secondary N) is 1. The van der Waals surface area contributed by atoms with Gasteiger partial charge in [0.2, 0.25) is 0 Å². The number of carboxylic acids is 1. The lowest BCUT2D eigenvalue weighted by molar-refractivity contribution is -0.122. The number of aromatic carboxylic acids is 1. The molecule has 178 valence electrons. The molecule has 8 heteroatoms. The van der Waals surface area contributed by atoms with Crippen LogP contribution in [0.5, 0.6) is 0 Å². The molecule has 35 heavy (non-hydrogen) atoms. The summed E-state index contributed by atoms with van der Waals surface area (Å²) < 4.78 is 2.13. The number of carbonyl (C=O) groups is 3. The summed E-state index contributed by atoms with van der Waals surface area (Å²) in [5.41, 5.74) is 7.28. The second-order valence-corrected chi connectivity index (χ2v) is 9.11. The van der Waals surface area contributed by atoms with Crippen molar-refractivity contribution in [1.82, 2.24) is 9.88 Å². The Bertz CT molecular complexity index is 1440. The summed E-state index contributed by atoms with van der Waals surface area (Å²) in [5, 5.41) is 11.8. The first-order valence-electron chi connectivity index (χ1n) is 11.0. The van der Waals surface area contributed by atoms with E-state index in [2.05, 4.69) is 42.8 Å². The maximum atomic E-state index is 13.4. The Kier molecular flexibility index (Phi) is 6.17. The third-order valence-corrected chi connectivity index (χ3v) is 6.37. The van der Waals surface area contributed by atoms with Gasteiger partial charge in [-0.15, -0.1) is 0 Å². The number of hydrogen-bond donors (Lipinski definition) is 2. The highest BCUT2D eigenvalue weighted by molar-refractivity contribution is 7.80. The standard InChI is InChI=1S/C27H25N3O4S/c1-14-9-15(2)23(16(3)10-14)29-17(4)11-20(18(29)5)13-22-24(31)28-27(35)30(25(22)32)21-8-6-7-19(12-21)26(33)34/h6-13H,1-5H3,(H,33,34)(H,28,31,35). The number of aryl methyl sites for hydroxylation is 4. The van der Waals surface area contributed by atoms with Crippen LogP contribution in [0, 0.1) is 34.6 Å². The van der Waals surface area contributed by atoms with Crippen molar-refractivity contribution in [3.63, 3.8) is 0 Å². The van der Waals surface area contributed by atoms with Crippen molar-refractivity contribution < 1.29 is 19.5 Å². The molecule has 1 saturated heterocycles. The number of hydrogen-bond acceptors (Lipinski definition) is 4. The zero-order chi connectivity index (χ0) is 25.6.